The molecule has 1 unspecified atom stereocenters. The van der Waals surface area contributed by atoms with Crippen LogP contribution < -0.4 is 5.32 Å². The Hall–Kier alpha value is -0.120. The quantitative estimate of drug-likeness (QED) is 0.704. The van der Waals surface area contributed by atoms with E-state index in [0.29, 0.717) is 11.6 Å². The predicted molar refractivity (Wildman–Crippen MR) is 80.1 cm³/mol. The van der Waals surface area contributed by atoms with Crippen LogP contribution in [0.15, 0.2) is 0 Å². The number of piperazine rings is 1. The smallest absolute Gasteiger partial charge is 0.0278 e. The molecule has 0 spiro atoms. The first kappa shape index (κ1) is 15.9. The van der Waals surface area contributed by atoms with E-state index >= 15 is 0 Å². The van der Waals surface area contributed by atoms with Gasteiger partial charge in [-0.3, -0.25) is 0 Å². The van der Waals surface area contributed by atoms with Gasteiger partial charge in [0, 0.05) is 31.2 Å². The standard InChI is InChI=1S/C15H33N3/c1-6-15(4)13-18(12-9-16-15)11-8-7-10-17(5)14(2)3/h14,16H,6-13H2,1-5H3. The average Bonchev–Trinajstić information content (AvgIpc) is 2.34. The zero-order chi connectivity index (χ0) is 13.6. The monoisotopic (exact) mass is 255 g/mol. The van der Waals surface area contributed by atoms with E-state index < -0.39 is 0 Å². The van der Waals surface area contributed by atoms with E-state index in [4.69, 9.17) is 0 Å². The highest BCUT2D eigenvalue weighted by molar-refractivity contribution is 4.89. The highest BCUT2D eigenvalue weighted by Crippen LogP contribution is 2.15. The molecule has 1 N–H and O–H groups in total. The predicted octanol–water partition coefficient (Wildman–Crippen LogP) is 2.18. The molecule has 0 aromatic rings. The molecule has 1 aliphatic rings. The van der Waals surface area contributed by atoms with Gasteiger partial charge in [-0.05, 0) is 60.2 Å². The Bertz CT molecular complexity index is 230. The van der Waals surface area contributed by atoms with E-state index in [9.17, 15) is 0 Å². The molecule has 18 heavy (non-hydrogen) atoms. The summed E-state index contributed by atoms with van der Waals surface area (Å²) in [4.78, 5) is 5.07. The Morgan fingerprint density at radius 1 is 1.33 bits per heavy atom. The van der Waals surface area contributed by atoms with Crippen LogP contribution in [0, 0.1) is 0 Å². The highest BCUT2D eigenvalue weighted by Gasteiger charge is 2.27. The lowest BCUT2D eigenvalue weighted by Crippen LogP contribution is -2.58. The van der Waals surface area contributed by atoms with Crippen molar-refractivity contribution in [3.05, 3.63) is 0 Å². The Morgan fingerprint density at radius 2 is 2.06 bits per heavy atom. The van der Waals surface area contributed by atoms with Gasteiger partial charge < -0.3 is 15.1 Å². The van der Waals surface area contributed by atoms with Crippen molar-refractivity contribution >= 4 is 0 Å². The topological polar surface area (TPSA) is 18.5 Å². The second kappa shape index (κ2) is 7.46. The van der Waals surface area contributed by atoms with Crippen molar-refractivity contribution in [1.82, 2.24) is 15.1 Å². The minimum absolute atomic E-state index is 0.340. The van der Waals surface area contributed by atoms with Crippen molar-refractivity contribution < 1.29 is 0 Å². The lowest BCUT2D eigenvalue weighted by Gasteiger charge is -2.41. The zero-order valence-electron chi connectivity index (χ0n) is 13.1. The van der Waals surface area contributed by atoms with Crippen LogP contribution in [-0.2, 0) is 0 Å². The molecule has 0 saturated carbocycles. The minimum Gasteiger partial charge on any atom is -0.309 e. The molecule has 1 saturated heterocycles. The van der Waals surface area contributed by atoms with Crippen LogP contribution in [0.2, 0.25) is 0 Å². The maximum absolute atomic E-state index is 3.65. The van der Waals surface area contributed by atoms with Crippen molar-refractivity contribution in [1.29, 1.82) is 0 Å². The molecule has 1 rings (SSSR count). The second-order valence-electron chi connectivity index (χ2n) is 6.40. The third kappa shape index (κ3) is 5.25. The van der Waals surface area contributed by atoms with Gasteiger partial charge in [0.2, 0.25) is 0 Å². The molecule has 1 heterocycles. The summed E-state index contributed by atoms with van der Waals surface area (Å²) in [5.41, 5.74) is 0.340. The van der Waals surface area contributed by atoms with Gasteiger partial charge in [-0.15, -0.1) is 0 Å². The van der Waals surface area contributed by atoms with E-state index in [1.807, 2.05) is 0 Å². The van der Waals surface area contributed by atoms with Crippen molar-refractivity contribution in [2.45, 2.75) is 58.5 Å². The first-order valence-corrected chi connectivity index (χ1v) is 7.64. The molecule has 0 aromatic heterocycles. The molecule has 3 heteroatoms. The van der Waals surface area contributed by atoms with Crippen LogP contribution in [0.1, 0.15) is 47.0 Å². The third-order valence-corrected chi connectivity index (χ3v) is 4.45. The van der Waals surface area contributed by atoms with E-state index in [1.165, 1.54) is 45.4 Å². The summed E-state index contributed by atoms with van der Waals surface area (Å²) in [6.45, 7) is 15.2. The van der Waals surface area contributed by atoms with Crippen LogP contribution in [0.3, 0.4) is 0 Å². The number of nitrogens with one attached hydrogen (secondary N) is 1. The summed E-state index contributed by atoms with van der Waals surface area (Å²) in [5.74, 6) is 0. The molecule has 0 amide bonds. The van der Waals surface area contributed by atoms with Gasteiger partial charge in [0.15, 0.2) is 0 Å². The Kier molecular flexibility index (Phi) is 6.61. The van der Waals surface area contributed by atoms with Crippen molar-refractivity contribution in [2.24, 2.45) is 0 Å². The fourth-order valence-electron chi connectivity index (χ4n) is 2.53. The van der Waals surface area contributed by atoms with Gasteiger partial charge >= 0.3 is 0 Å². The number of nitrogens with zero attached hydrogens (tertiary/aromatic N) is 2. The van der Waals surface area contributed by atoms with Crippen molar-refractivity contribution in [2.75, 3.05) is 39.8 Å². The van der Waals surface area contributed by atoms with E-state index in [2.05, 4.69) is 49.9 Å². The normalized spacial score (nSPS) is 26.2. The molecular formula is C15H33N3. The molecule has 1 atom stereocenters. The third-order valence-electron chi connectivity index (χ3n) is 4.45. The largest absolute Gasteiger partial charge is 0.309 e. The molecule has 3 nitrogen and oxygen atoms in total. The molecular weight excluding hydrogens is 222 g/mol. The van der Waals surface area contributed by atoms with E-state index in [-0.39, 0.29) is 0 Å². The average molecular weight is 255 g/mol. The number of unbranched alkanes of at least 4 members (excludes halogenated alkanes) is 1. The van der Waals surface area contributed by atoms with Crippen molar-refractivity contribution in [3.8, 4) is 0 Å². The number of rotatable bonds is 7. The fourth-order valence-corrected chi connectivity index (χ4v) is 2.53. The maximum Gasteiger partial charge on any atom is 0.0278 e. The molecule has 1 fully saturated rings. The van der Waals surface area contributed by atoms with E-state index in [1.54, 1.807) is 0 Å². The summed E-state index contributed by atoms with van der Waals surface area (Å²) in [5, 5.41) is 3.65. The first-order chi connectivity index (χ1) is 8.47. The molecule has 0 bridgehead atoms. The van der Waals surface area contributed by atoms with Gasteiger partial charge in [-0.25, -0.2) is 0 Å². The van der Waals surface area contributed by atoms with Gasteiger partial charge in [-0.2, -0.15) is 0 Å². The first-order valence-electron chi connectivity index (χ1n) is 7.64. The number of hydrogen-bond donors (Lipinski definition) is 1. The lowest BCUT2D eigenvalue weighted by molar-refractivity contribution is 0.136. The van der Waals surface area contributed by atoms with Crippen LogP contribution in [0.25, 0.3) is 0 Å². The summed E-state index contributed by atoms with van der Waals surface area (Å²) in [6.07, 6.45) is 3.87. The molecule has 0 aliphatic carbocycles. The Balaban J connectivity index is 2.16. The van der Waals surface area contributed by atoms with Crippen LogP contribution in [-0.4, -0.2) is 61.2 Å². The lowest BCUT2D eigenvalue weighted by atomic mass is 9.96. The summed E-state index contributed by atoms with van der Waals surface area (Å²) >= 11 is 0. The maximum atomic E-state index is 3.65. The molecule has 0 radical (unpaired) electrons. The summed E-state index contributed by atoms with van der Waals surface area (Å²) in [7, 11) is 2.23. The second-order valence-corrected chi connectivity index (χ2v) is 6.40. The minimum atomic E-state index is 0.340. The van der Waals surface area contributed by atoms with E-state index in [0.717, 1.165) is 6.54 Å². The molecule has 1 aliphatic heterocycles. The Morgan fingerprint density at radius 3 is 2.67 bits per heavy atom. The van der Waals surface area contributed by atoms with Gasteiger partial charge in [0.05, 0.1) is 0 Å². The van der Waals surface area contributed by atoms with Crippen LogP contribution in [0.4, 0.5) is 0 Å². The van der Waals surface area contributed by atoms with Crippen LogP contribution in [0.5, 0.6) is 0 Å². The summed E-state index contributed by atoms with van der Waals surface area (Å²) in [6, 6.07) is 0.674. The molecule has 0 aromatic carbocycles. The molecule has 108 valence electrons. The SMILES string of the molecule is CCC1(C)CN(CCCCN(C)C(C)C)CCN1. The highest BCUT2D eigenvalue weighted by atomic mass is 15.2. The van der Waals surface area contributed by atoms with Crippen molar-refractivity contribution in [3.63, 3.8) is 0 Å². The Labute approximate surface area is 114 Å². The van der Waals surface area contributed by atoms with Gasteiger partial charge in [-0.1, -0.05) is 6.92 Å². The fraction of sp³-hybridized carbons (Fsp3) is 1.00. The zero-order valence-corrected chi connectivity index (χ0v) is 13.1. The number of hydrogen-bond acceptors (Lipinski definition) is 3. The summed E-state index contributed by atoms with van der Waals surface area (Å²) < 4.78 is 0. The van der Waals surface area contributed by atoms with Crippen LogP contribution >= 0.6 is 0 Å². The van der Waals surface area contributed by atoms with Gasteiger partial charge in [0.25, 0.3) is 0 Å². The van der Waals surface area contributed by atoms with Gasteiger partial charge in [0.1, 0.15) is 0 Å².